The number of aliphatic imine (C=N–C) groups is 1. The van der Waals surface area contributed by atoms with Crippen molar-refractivity contribution in [1.29, 1.82) is 0 Å². The van der Waals surface area contributed by atoms with Crippen molar-refractivity contribution in [3.8, 4) is 0 Å². The number of guanidine groups is 1. The first-order chi connectivity index (χ1) is 10.2. The third-order valence-electron chi connectivity index (χ3n) is 4.45. The summed E-state index contributed by atoms with van der Waals surface area (Å²) in [6.07, 6.45) is 3.25. The number of likely N-dealkylation sites (tertiary alicyclic amines) is 1. The van der Waals surface area contributed by atoms with Crippen molar-refractivity contribution in [1.82, 2.24) is 10.2 Å². The first-order valence-electron chi connectivity index (χ1n) is 8.03. The number of hydrogen-bond donors (Lipinski definition) is 2. The normalized spacial score (nSPS) is 24.1. The fourth-order valence-electron chi connectivity index (χ4n) is 2.89. The molecular weight excluding hydrogens is 270 g/mol. The van der Waals surface area contributed by atoms with E-state index < -0.39 is 0 Å². The van der Waals surface area contributed by atoms with E-state index in [0.29, 0.717) is 6.54 Å². The van der Waals surface area contributed by atoms with Gasteiger partial charge in [0.05, 0.1) is 18.2 Å². The maximum Gasteiger partial charge on any atom is 0.194 e. The second kappa shape index (κ2) is 7.96. The molecule has 2 saturated heterocycles. The van der Waals surface area contributed by atoms with E-state index in [-0.39, 0.29) is 11.7 Å². The molecule has 21 heavy (non-hydrogen) atoms. The summed E-state index contributed by atoms with van der Waals surface area (Å²) in [7, 11) is 1.77. The van der Waals surface area contributed by atoms with Crippen molar-refractivity contribution in [2.24, 2.45) is 4.99 Å². The zero-order chi connectivity index (χ0) is 15.1. The molecule has 6 heteroatoms. The van der Waals surface area contributed by atoms with E-state index in [0.717, 1.165) is 64.5 Å². The zero-order valence-electron chi connectivity index (χ0n) is 13.3. The average Bonchev–Trinajstić information content (AvgIpc) is 2.53. The Morgan fingerprint density at radius 3 is 2.62 bits per heavy atom. The van der Waals surface area contributed by atoms with E-state index in [1.165, 1.54) is 0 Å². The van der Waals surface area contributed by atoms with Gasteiger partial charge in [-0.25, -0.2) is 0 Å². The smallest absolute Gasteiger partial charge is 0.194 e. The fraction of sp³-hybridized carbons (Fsp3) is 0.933. The fourth-order valence-corrected chi connectivity index (χ4v) is 2.89. The maximum atomic E-state index is 9.63. The van der Waals surface area contributed by atoms with Gasteiger partial charge in [-0.05, 0) is 19.8 Å². The first-order valence-corrected chi connectivity index (χ1v) is 8.03. The molecule has 0 bridgehead atoms. The number of aliphatic hydroxyl groups is 1. The number of nitrogens with zero attached hydrogens (tertiary/aromatic N) is 2. The van der Waals surface area contributed by atoms with E-state index in [1.807, 2.05) is 0 Å². The van der Waals surface area contributed by atoms with Crippen molar-refractivity contribution < 1.29 is 14.6 Å². The average molecular weight is 299 g/mol. The van der Waals surface area contributed by atoms with E-state index in [1.54, 1.807) is 7.11 Å². The zero-order valence-corrected chi connectivity index (χ0v) is 13.3. The van der Waals surface area contributed by atoms with Gasteiger partial charge in [-0.2, -0.15) is 0 Å². The molecule has 122 valence electrons. The van der Waals surface area contributed by atoms with Gasteiger partial charge in [0.25, 0.3) is 0 Å². The number of aliphatic hydroxyl groups excluding tert-OH is 1. The first kappa shape index (κ1) is 16.5. The molecule has 2 heterocycles. The molecule has 2 N–H and O–H groups in total. The van der Waals surface area contributed by atoms with Crippen LogP contribution in [0.25, 0.3) is 0 Å². The second-order valence-electron chi connectivity index (χ2n) is 5.89. The van der Waals surface area contributed by atoms with Crippen molar-refractivity contribution in [3.05, 3.63) is 0 Å². The van der Waals surface area contributed by atoms with Crippen LogP contribution >= 0.6 is 0 Å². The van der Waals surface area contributed by atoms with Crippen LogP contribution in [0.15, 0.2) is 4.99 Å². The third kappa shape index (κ3) is 4.56. The molecule has 0 aromatic carbocycles. The molecule has 2 rings (SSSR count). The van der Waals surface area contributed by atoms with E-state index in [2.05, 4.69) is 17.1 Å². The predicted molar refractivity (Wildman–Crippen MR) is 82.6 cm³/mol. The molecule has 2 aliphatic rings. The lowest BCUT2D eigenvalue weighted by atomic mass is 9.94. The van der Waals surface area contributed by atoms with E-state index in [4.69, 9.17) is 14.5 Å². The summed E-state index contributed by atoms with van der Waals surface area (Å²) in [6.45, 7) is 6.79. The molecule has 0 aliphatic carbocycles. The molecule has 6 nitrogen and oxygen atoms in total. The van der Waals surface area contributed by atoms with Crippen LogP contribution < -0.4 is 5.32 Å². The van der Waals surface area contributed by atoms with Gasteiger partial charge in [-0.15, -0.1) is 0 Å². The van der Waals surface area contributed by atoms with Crippen LogP contribution in [0.2, 0.25) is 0 Å². The van der Waals surface area contributed by atoms with Crippen LogP contribution in [0.3, 0.4) is 0 Å². The Bertz CT molecular complexity index is 335. The molecule has 0 radical (unpaired) electrons. The Morgan fingerprint density at radius 1 is 1.38 bits per heavy atom. The van der Waals surface area contributed by atoms with Gasteiger partial charge in [-0.3, -0.25) is 4.99 Å². The molecule has 0 aromatic rings. The van der Waals surface area contributed by atoms with Crippen molar-refractivity contribution in [3.63, 3.8) is 0 Å². The van der Waals surface area contributed by atoms with Crippen LogP contribution in [0.5, 0.6) is 0 Å². The molecule has 2 fully saturated rings. The van der Waals surface area contributed by atoms with Gasteiger partial charge >= 0.3 is 0 Å². The Morgan fingerprint density at radius 2 is 2.05 bits per heavy atom. The van der Waals surface area contributed by atoms with Crippen LogP contribution in [-0.4, -0.2) is 74.2 Å². The largest absolute Gasteiger partial charge is 0.393 e. The number of nitrogens with one attached hydrogen (secondary N) is 1. The Hall–Kier alpha value is -0.850. The summed E-state index contributed by atoms with van der Waals surface area (Å²) >= 11 is 0. The molecule has 2 aliphatic heterocycles. The number of ether oxygens (including phenoxy) is 2. The summed E-state index contributed by atoms with van der Waals surface area (Å²) in [5, 5.41) is 13.0. The highest BCUT2D eigenvalue weighted by atomic mass is 16.5. The molecule has 0 atom stereocenters. The highest BCUT2D eigenvalue weighted by molar-refractivity contribution is 5.80. The van der Waals surface area contributed by atoms with Gasteiger partial charge in [0.15, 0.2) is 5.96 Å². The standard InChI is InChI=1S/C15H29N3O3/c1-3-16-14(18-8-4-13(19)5-9-18)17-12-15(20-2)6-10-21-11-7-15/h13,19H,3-12H2,1-2H3,(H,16,17). The Balaban J connectivity index is 1.99. The van der Waals surface area contributed by atoms with Crippen LogP contribution in [0.4, 0.5) is 0 Å². The summed E-state index contributed by atoms with van der Waals surface area (Å²) in [5.41, 5.74) is -0.186. The molecular formula is C15H29N3O3. The number of piperidine rings is 1. The molecule has 0 spiro atoms. The van der Waals surface area contributed by atoms with E-state index in [9.17, 15) is 5.11 Å². The minimum atomic E-state index is -0.186. The molecule has 0 saturated carbocycles. The minimum absolute atomic E-state index is 0.162. The van der Waals surface area contributed by atoms with Crippen LogP contribution in [-0.2, 0) is 9.47 Å². The van der Waals surface area contributed by atoms with Crippen LogP contribution in [0, 0.1) is 0 Å². The highest BCUT2D eigenvalue weighted by Crippen LogP contribution is 2.25. The predicted octanol–water partition coefficient (Wildman–Crippen LogP) is 0.604. The summed E-state index contributed by atoms with van der Waals surface area (Å²) in [4.78, 5) is 7.03. The second-order valence-corrected chi connectivity index (χ2v) is 5.89. The highest BCUT2D eigenvalue weighted by Gasteiger charge is 2.32. The number of rotatable bonds is 4. The summed E-state index contributed by atoms with van der Waals surface area (Å²) in [6, 6.07) is 0. The summed E-state index contributed by atoms with van der Waals surface area (Å²) in [5.74, 6) is 0.937. The molecule has 0 unspecified atom stereocenters. The van der Waals surface area contributed by atoms with Gasteiger partial charge in [0.2, 0.25) is 0 Å². The van der Waals surface area contributed by atoms with Crippen molar-refractivity contribution >= 4 is 5.96 Å². The lowest BCUT2D eigenvalue weighted by Crippen LogP contribution is -2.48. The lowest BCUT2D eigenvalue weighted by Gasteiger charge is -2.36. The lowest BCUT2D eigenvalue weighted by molar-refractivity contribution is -0.0829. The monoisotopic (exact) mass is 299 g/mol. The SMILES string of the molecule is CCNC(=NCC1(OC)CCOCC1)N1CCC(O)CC1. The van der Waals surface area contributed by atoms with Crippen LogP contribution in [0.1, 0.15) is 32.6 Å². The van der Waals surface area contributed by atoms with Gasteiger partial charge in [0, 0.05) is 52.8 Å². The van der Waals surface area contributed by atoms with Crippen molar-refractivity contribution in [2.75, 3.05) is 46.5 Å². The molecule has 0 amide bonds. The van der Waals surface area contributed by atoms with Gasteiger partial charge in [0.1, 0.15) is 0 Å². The van der Waals surface area contributed by atoms with Gasteiger partial charge in [-0.1, -0.05) is 0 Å². The Labute approximate surface area is 127 Å². The van der Waals surface area contributed by atoms with E-state index >= 15 is 0 Å². The van der Waals surface area contributed by atoms with Crippen molar-refractivity contribution in [2.45, 2.75) is 44.3 Å². The maximum absolute atomic E-state index is 9.63. The molecule has 0 aromatic heterocycles. The Kier molecular flexibility index (Phi) is 6.26. The minimum Gasteiger partial charge on any atom is -0.393 e. The van der Waals surface area contributed by atoms with Gasteiger partial charge < -0.3 is 24.8 Å². The topological polar surface area (TPSA) is 66.3 Å². The number of hydrogen-bond acceptors (Lipinski definition) is 4. The quantitative estimate of drug-likeness (QED) is 0.588. The summed E-state index contributed by atoms with van der Waals surface area (Å²) < 4.78 is 11.2. The number of methoxy groups -OCH3 is 1. The third-order valence-corrected chi connectivity index (χ3v) is 4.45.